The van der Waals surface area contributed by atoms with E-state index < -0.39 is 0 Å². The van der Waals surface area contributed by atoms with Crippen molar-refractivity contribution < 1.29 is 4.74 Å². The minimum absolute atomic E-state index is 0.0904. The van der Waals surface area contributed by atoms with Gasteiger partial charge in [-0.05, 0) is 29.3 Å². The highest BCUT2D eigenvalue weighted by Gasteiger charge is 2.02. The maximum absolute atomic E-state index is 12.2. The van der Waals surface area contributed by atoms with Crippen LogP contribution >= 0.6 is 0 Å². The topological polar surface area (TPSA) is 57.2 Å². The van der Waals surface area contributed by atoms with Crippen LogP contribution in [0.4, 0.5) is 5.69 Å². The minimum atomic E-state index is -0.0904. The van der Waals surface area contributed by atoms with Crippen molar-refractivity contribution in [2.45, 2.75) is 13.2 Å². The molecule has 0 atom stereocenters. The van der Waals surface area contributed by atoms with Gasteiger partial charge in [0.1, 0.15) is 12.4 Å². The van der Waals surface area contributed by atoms with Crippen LogP contribution < -0.4 is 16.0 Å². The molecule has 0 radical (unpaired) electrons. The van der Waals surface area contributed by atoms with E-state index in [0.29, 0.717) is 24.6 Å². The summed E-state index contributed by atoms with van der Waals surface area (Å²) in [5.41, 5.74) is 8.38. The van der Waals surface area contributed by atoms with Crippen molar-refractivity contribution in [2.75, 3.05) is 5.73 Å². The first-order valence-electron chi connectivity index (χ1n) is 7.42. The maximum Gasteiger partial charge on any atom is 0.254 e. The fourth-order valence-corrected chi connectivity index (χ4v) is 2.27. The molecule has 0 aliphatic heterocycles. The molecule has 3 aromatic rings. The fraction of sp³-hybridized carbons (Fsp3) is 0.105. The van der Waals surface area contributed by atoms with Crippen molar-refractivity contribution in [1.82, 2.24) is 4.57 Å². The van der Waals surface area contributed by atoms with E-state index in [9.17, 15) is 4.79 Å². The number of nitrogen functional groups attached to an aromatic ring is 1. The quantitative estimate of drug-likeness (QED) is 0.737. The van der Waals surface area contributed by atoms with Gasteiger partial charge in [0.05, 0.1) is 6.54 Å². The summed E-state index contributed by atoms with van der Waals surface area (Å²) in [6.45, 7) is 0.959. The Labute approximate surface area is 134 Å². The molecular formula is C19H18N2O2. The van der Waals surface area contributed by atoms with Crippen LogP contribution in [0.2, 0.25) is 0 Å². The van der Waals surface area contributed by atoms with Crippen molar-refractivity contribution in [1.29, 1.82) is 0 Å². The van der Waals surface area contributed by atoms with Crippen molar-refractivity contribution in [3.63, 3.8) is 0 Å². The number of rotatable bonds is 5. The van der Waals surface area contributed by atoms with Gasteiger partial charge in [0.2, 0.25) is 0 Å². The molecule has 2 aromatic carbocycles. The van der Waals surface area contributed by atoms with E-state index >= 15 is 0 Å². The molecule has 4 heteroatoms. The Bertz CT molecular complexity index is 824. The number of pyridine rings is 1. The number of nitrogens with zero attached hydrogens (tertiary/aromatic N) is 1. The molecule has 0 bridgehead atoms. The second kappa shape index (κ2) is 6.83. The lowest BCUT2D eigenvalue weighted by molar-refractivity contribution is 0.305. The summed E-state index contributed by atoms with van der Waals surface area (Å²) >= 11 is 0. The minimum Gasteiger partial charge on any atom is -0.489 e. The molecule has 0 amide bonds. The van der Waals surface area contributed by atoms with Crippen molar-refractivity contribution in [2.24, 2.45) is 0 Å². The van der Waals surface area contributed by atoms with E-state index in [1.165, 1.54) is 6.07 Å². The highest BCUT2D eigenvalue weighted by molar-refractivity contribution is 5.39. The lowest BCUT2D eigenvalue weighted by Crippen LogP contribution is -2.19. The van der Waals surface area contributed by atoms with E-state index in [-0.39, 0.29) is 5.56 Å². The molecule has 0 spiro atoms. The fourth-order valence-electron chi connectivity index (χ4n) is 2.27. The van der Waals surface area contributed by atoms with Crippen molar-refractivity contribution >= 4 is 5.69 Å². The summed E-state index contributed by atoms with van der Waals surface area (Å²) in [5.74, 6) is 0.576. The summed E-state index contributed by atoms with van der Waals surface area (Å²) in [5, 5.41) is 0. The molecule has 0 aliphatic carbocycles. The molecule has 3 rings (SSSR count). The summed E-state index contributed by atoms with van der Waals surface area (Å²) in [7, 11) is 0. The van der Waals surface area contributed by atoms with Crippen LogP contribution in [0.15, 0.2) is 77.7 Å². The molecule has 2 N–H and O–H groups in total. The largest absolute Gasteiger partial charge is 0.489 e. The van der Waals surface area contributed by atoms with Crippen LogP contribution in [0.25, 0.3) is 0 Å². The molecular weight excluding hydrogens is 288 g/mol. The van der Waals surface area contributed by atoms with E-state index in [1.807, 2.05) is 60.7 Å². The summed E-state index contributed by atoms with van der Waals surface area (Å²) in [6.07, 6.45) is 1.75. The summed E-state index contributed by atoms with van der Waals surface area (Å²) in [4.78, 5) is 12.2. The van der Waals surface area contributed by atoms with Crippen LogP contribution in [-0.4, -0.2) is 4.57 Å². The average molecular weight is 306 g/mol. The number of ether oxygens (including phenoxy) is 1. The van der Waals surface area contributed by atoms with E-state index in [0.717, 1.165) is 11.1 Å². The first kappa shape index (κ1) is 14.9. The third-order valence-electron chi connectivity index (χ3n) is 3.55. The molecule has 0 saturated heterocycles. The maximum atomic E-state index is 12.2. The SMILES string of the molecule is Nc1ccc(Cn2ccc(OCc3ccccc3)cc2=O)cc1. The van der Waals surface area contributed by atoms with Gasteiger partial charge in [-0.25, -0.2) is 0 Å². The second-order valence-corrected chi connectivity index (χ2v) is 5.34. The molecule has 1 heterocycles. The average Bonchev–Trinajstić information content (AvgIpc) is 2.58. The molecule has 0 fully saturated rings. The van der Waals surface area contributed by atoms with Crippen LogP contribution in [0.3, 0.4) is 0 Å². The normalized spacial score (nSPS) is 10.4. The highest BCUT2D eigenvalue weighted by atomic mass is 16.5. The zero-order chi connectivity index (χ0) is 16.1. The number of hydrogen-bond donors (Lipinski definition) is 1. The molecule has 116 valence electrons. The van der Waals surface area contributed by atoms with Crippen molar-refractivity contribution in [3.05, 3.63) is 94.4 Å². The zero-order valence-electron chi connectivity index (χ0n) is 12.7. The predicted molar refractivity (Wildman–Crippen MR) is 91.4 cm³/mol. The van der Waals surface area contributed by atoms with Crippen LogP contribution in [-0.2, 0) is 13.2 Å². The van der Waals surface area contributed by atoms with Crippen LogP contribution in [0, 0.1) is 0 Å². The molecule has 4 nitrogen and oxygen atoms in total. The lowest BCUT2D eigenvalue weighted by Gasteiger charge is -2.09. The molecule has 1 aromatic heterocycles. The third kappa shape index (κ3) is 4.01. The Hall–Kier alpha value is -3.01. The second-order valence-electron chi connectivity index (χ2n) is 5.34. The van der Waals surface area contributed by atoms with Gasteiger partial charge in [-0.1, -0.05) is 42.5 Å². The zero-order valence-corrected chi connectivity index (χ0v) is 12.7. The van der Waals surface area contributed by atoms with Gasteiger partial charge in [0.15, 0.2) is 0 Å². The number of aromatic nitrogens is 1. The highest BCUT2D eigenvalue weighted by Crippen LogP contribution is 2.11. The predicted octanol–water partition coefficient (Wildman–Crippen LogP) is 3.06. The lowest BCUT2D eigenvalue weighted by atomic mass is 10.2. The standard InChI is InChI=1S/C19H18N2O2/c20-17-8-6-15(7-9-17)13-21-11-10-18(12-19(21)22)23-14-16-4-2-1-3-5-16/h1-12H,13-14,20H2. The monoisotopic (exact) mass is 306 g/mol. The van der Waals surface area contributed by atoms with E-state index in [1.54, 1.807) is 10.8 Å². The van der Waals surface area contributed by atoms with E-state index in [4.69, 9.17) is 10.5 Å². The Morgan fingerprint density at radius 1 is 0.913 bits per heavy atom. The van der Waals surface area contributed by atoms with Crippen molar-refractivity contribution in [3.8, 4) is 5.75 Å². The van der Waals surface area contributed by atoms with Crippen LogP contribution in [0.5, 0.6) is 5.75 Å². The van der Waals surface area contributed by atoms with Crippen LogP contribution in [0.1, 0.15) is 11.1 Å². The van der Waals surface area contributed by atoms with E-state index in [2.05, 4.69) is 0 Å². The Morgan fingerprint density at radius 3 is 2.35 bits per heavy atom. The Morgan fingerprint density at radius 2 is 1.65 bits per heavy atom. The summed E-state index contributed by atoms with van der Waals surface area (Å²) < 4.78 is 7.30. The first-order valence-corrected chi connectivity index (χ1v) is 7.42. The Balaban J connectivity index is 1.68. The number of anilines is 1. The van der Waals surface area contributed by atoms with Gasteiger partial charge in [-0.3, -0.25) is 4.79 Å². The Kier molecular flexibility index (Phi) is 4.43. The van der Waals surface area contributed by atoms with Gasteiger partial charge >= 0.3 is 0 Å². The smallest absolute Gasteiger partial charge is 0.254 e. The van der Waals surface area contributed by atoms with Gasteiger partial charge in [0.25, 0.3) is 5.56 Å². The number of hydrogen-bond acceptors (Lipinski definition) is 3. The molecule has 23 heavy (non-hydrogen) atoms. The third-order valence-corrected chi connectivity index (χ3v) is 3.55. The summed E-state index contributed by atoms with van der Waals surface area (Å²) in [6, 6.07) is 20.7. The van der Waals surface area contributed by atoms with Gasteiger partial charge < -0.3 is 15.0 Å². The number of benzene rings is 2. The molecule has 0 unspecified atom stereocenters. The van der Waals surface area contributed by atoms with Gasteiger partial charge in [-0.2, -0.15) is 0 Å². The van der Waals surface area contributed by atoms with Gasteiger partial charge in [0, 0.05) is 18.0 Å². The number of nitrogens with two attached hydrogens (primary N) is 1. The molecule has 0 aliphatic rings. The van der Waals surface area contributed by atoms with Gasteiger partial charge in [-0.15, -0.1) is 0 Å². The molecule has 0 saturated carbocycles. The first-order chi connectivity index (χ1) is 11.2.